The molecule has 0 radical (unpaired) electrons. The monoisotopic (exact) mass is 417 g/mol. The summed E-state index contributed by atoms with van der Waals surface area (Å²) in [5, 5.41) is 3.06. The van der Waals surface area contributed by atoms with Gasteiger partial charge >= 0.3 is 5.97 Å². The van der Waals surface area contributed by atoms with Crippen LogP contribution in [-0.2, 0) is 14.3 Å². The Labute approximate surface area is 177 Å². The molecule has 3 unspecified atom stereocenters. The van der Waals surface area contributed by atoms with Gasteiger partial charge in [0.15, 0.2) is 30.5 Å². The van der Waals surface area contributed by atoms with Gasteiger partial charge < -0.3 is 19.5 Å². The number of benzene rings is 1. The first kappa shape index (κ1) is 22.1. The van der Waals surface area contributed by atoms with Crippen molar-refractivity contribution in [3.8, 4) is 11.5 Å². The second-order valence-electron chi connectivity index (χ2n) is 9.10. The van der Waals surface area contributed by atoms with Crippen molar-refractivity contribution in [1.82, 2.24) is 5.32 Å². The molecular weight excluding hydrogens is 386 g/mol. The van der Waals surface area contributed by atoms with Crippen molar-refractivity contribution in [3.63, 3.8) is 0 Å². The molecule has 2 bridgehead atoms. The lowest BCUT2D eigenvalue weighted by atomic mass is 9.69. The standard InChI is InChI=1S/C23H31NO6/c1-14(25)15-6-7-17(18(10-15)28-5)29-13-21(27)30-12-20(26)24-19-11-16-8-9-23(19,4)22(16,2)3/h6-7,10,16,19H,8-9,11-13H2,1-5H3,(H,24,26). The van der Waals surface area contributed by atoms with Gasteiger partial charge in [0.05, 0.1) is 7.11 Å². The van der Waals surface area contributed by atoms with Gasteiger partial charge in [-0.15, -0.1) is 0 Å². The van der Waals surface area contributed by atoms with E-state index in [2.05, 4.69) is 26.1 Å². The third kappa shape index (κ3) is 4.02. The Balaban J connectivity index is 1.46. The number of fused-ring (bicyclic) bond motifs is 2. The number of esters is 1. The quantitative estimate of drug-likeness (QED) is 0.516. The predicted octanol–water partition coefficient (Wildman–Crippen LogP) is 3.15. The smallest absolute Gasteiger partial charge is 0.344 e. The van der Waals surface area contributed by atoms with Crippen LogP contribution in [0.5, 0.6) is 11.5 Å². The first-order chi connectivity index (χ1) is 14.1. The molecule has 164 valence electrons. The van der Waals surface area contributed by atoms with Crippen LogP contribution in [0.15, 0.2) is 18.2 Å². The molecule has 7 heteroatoms. The largest absolute Gasteiger partial charge is 0.493 e. The number of ether oxygens (including phenoxy) is 3. The maximum Gasteiger partial charge on any atom is 0.344 e. The van der Waals surface area contributed by atoms with Crippen molar-refractivity contribution >= 4 is 17.7 Å². The summed E-state index contributed by atoms with van der Waals surface area (Å²) in [5.74, 6) is 0.246. The van der Waals surface area contributed by atoms with Crippen LogP contribution >= 0.6 is 0 Å². The molecule has 2 aliphatic rings. The van der Waals surface area contributed by atoms with Crippen molar-refractivity contribution < 1.29 is 28.6 Å². The highest BCUT2D eigenvalue weighted by molar-refractivity contribution is 5.94. The lowest BCUT2D eigenvalue weighted by Gasteiger charge is -2.39. The predicted molar refractivity (Wildman–Crippen MR) is 111 cm³/mol. The van der Waals surface area contributed by atoms with E-state index in [1.807, 2.05) is 0 Å². The fourth-order valence-corrected chi connectivity index (χ4v) is 4.99. The van der Waals surface area contributed by atoms with Crippen LogP contribution in [0.4, 0.5) is 0 Å². The number of methoxy groups -OCH3 is 1. The second kappa shape index (κ2) is 8.28. The summed E-state index contributed by atoms with van der Waals surface area (Å²) in [6.07, 6.45) is 3.29. The highest BCUT2D eigenvalue weighted by Crippen LogP contribution is 2.65. The van der Waals surface area contributed by atoms with Gasteiger partial charge in [-0.3, -0.25) is 9.59 Å². The number of carbonyl (C=O) groups is 3. The van der Waals surface area contributed by atoms with Crippen LogP contribution < -0.4 is 14.8 Å². The number of carbonyl (C=O) groups excluding carboxylic acids is 3. The molecule has 2 fully saturated rings. The molecule has 30 heavy (non-hydrogen) atoms. The summed E-state index contributed by atoms with van der Waals surface area (Å²) in [4.78, 5) is 35.8. The fraction of sp³-hybridized carbons (Fsp3) is 0.609. The first-order valence-electron chi connectivity index (χ1n) is 10.3. The minimum absolute atomic E-state index is 0.0725. The van der Waals surface area contributed by atoms with E-state index in [0.717, 1.165) is 12.8 Å². The average Bonchev–Trinajstić information content (AvgIpc) is 3.04. The van der Waals surface area contributed by atoms with Crippen molar-refractivity contribution in [2.75, 3.05) is 20.3 Å². The number of hydrogen-bond donors (Lipinski definition) is 1. The maximum atomic E-state index is 12.3. The molecule has 0 aliphatic heterocycles. The minimum atomic E-state index is -0.651. The van der Waals surface area contributed by atoms with Gasteiger partial charge in [-0.25, -0.2) is 4.79 Å². The van der Waals surface area contributed by atoms with E-state index >= 15 is 0 Å². The van der Waals surface area contributed by atoms with E-state index in [1.54, 1.807) is 18.2 Å². The van der Waals surface area contributed by atoms with Gasteiger partial charge in [-0.1, -0.05) is 20.8 Å². The second-order valence-corrected chi connectivity index (χ2v) is 9.10. The van der Waals surface area contributed by atoms with E-state index in [9.17, 15) is 14.4 Å². The Morgan fingerprint density at radius 3 is 2.43 bits per heavy atom. The van der Waals surface area contributed by atoms with Crippen LogP contribution in [0.3, 0.4) is 0 Å². The number of ketones is 1. The van der Waals surface area contributed by atoms with E-state index in [0.29, 0.717) is 23.0 Å². The number of hydrogen-bond acceptors (Lipinski definition) is 6. The Morgan fingerprint density at radius 1 is 1.13 bits per heavy atom. The van der Waals surface area contributed by atoms with Crippen LogP contribution in [0.1, 0.15) is 57.3 Å². The minimum Gasteiger partial charge on any atom is -0.493 e. The molecule has 1 N–H and O–H groups in total. The molecule has 1 aromatic carbocycles. The summed E-state index contributed by atoms with van der Waals surface area (Å²) < 4.78 is 15.7. The lowest BCUT2D eigenvalue weighted by molar-refractivity contribution is -0.150. The zero-order chi connectivity index (χ0) is 22.1. The zero-order valence-electron chi connectivity index (χ0n) is 18.4. The zero-order valence-corrected chi connectivity index (χ0v) is 18.4. The number of nitrogens with one attached hydrogen (secondary N) is 1. The topological polar surface area (TPSA) is 90.9 Å². The summed E-state index contributed by atoms with van der Waals surface area (Å²) in [6.45, 7) is 7.57. The van der Waals surface area contributed by atoms with E-state index < -0.39 is 5.97 Å². The van der Waals surface area contributed by atoms with E-state index in [4.69, 9.17) is 14.2 Å². The summed E-state index contributed by atoms with van der Waals surface area (Å²) >= 11 is 0. The highest BCUT2D eigenvalue weighted by Gasteiger charge is 2.61. The Kier molecular flexibility index (Phi) is 6.11. The maximum absolute atomic E-state index is 12.3. The average molecular weight is 418 g/mol. The third-order valence-corrected chi connectivity index (χ3v) is 7.41. The summed E-state index contributed by atoms with van der Waals surface area (Å²) in [7, 11) is 1.45. The molecule has 7 nitrogen and oxygen atoms in total. The van der Waals surface area contributed by atoms with Crippen LogP contribution in [0, 0.1) is 16.7 Å². The summed E-state index contributed by atoms with van der Waals surface area (Å²) in [5.41, 5.74) is 0.756. The van der Waals surface area contributed by atoms with Gasteiger partial charge in [-0.05, 0) is 61.1 Å². The van der Waals surface area contributed by atoms with Crippen LogP contribution in [0.25, 0.3) is 0 Å². The molecule has 0 aromatic heterocycles. The van der Waals surface area contributed by atoms with Gasteiger partial charge in [-0.2, -0.15) is 0 Å². The van der Waals surface area contributed by atoms with Gasteiger partial charge in [0.2, 0.25) is 0 Å². The lowest BCUT2D eigenvalue weighted by Crippen LogP contribution is -2.48. The molecule has 0 saturated heterocycles. The molecule has 3 rings (SSSR count). The first-order valence-corrected chi connectivity index (χ1v) is 10.3. The summed E-state index contributed by atoms with van der Waals surface area (Å²) in [6, 6.07) is 4.81. The molecule has 1 amide bonds. The number of Topliss-reactive ketones (excluding diaryl/α,β-unsaturated/α-hetero) is 1. The Morgan fingerprint density at radius 2 is 1.87 bits per heavy atom. The van der Waals surface area contributed by atoms with Gasteiger partial charge in [0.25, 0.3) is 5.91 Å². The molecular formula is C23H31NO6. The Bertz CT molecular complexity index is 848. The Hall–Kier alpha value is -2.57. The van der Waals surface area contributed by atoms with Crippen molar-refractivity contribution in [2.45, 2.75) is 53.0 Å². The van der Waals surface area contributed by atoms with Crippen LogP contribution in [0.2, 0.25) is 0 Å². The normalized spacial score (nSPS) is 26.2. The molecule has 2 saturated carbocycles. The molecule has 3 atom stereocenters. The van der Waals surface area contributed by atoms with Gasteiger partial charge in [0, 0.05) is 11.6 Å². The van der Waals surface area contributed by atoms with E-state index in [-0.39, 0.29) is 41.8 Å². The third-order valence-electron chi connectivity index (χ3n) is 7.41. The highest BCUT2D eigenvalue weighted by atomic mass is 16.6. The fourth-order valence-electron chi connectivity index (χ4n) is 4.99. The molecule has 0 heterocycles. The number of amides is 1. The van der Waals surface area contributed by atoms with Crippen molar-refractivity contribution in [1.29, 1.82) is 0 Å². The van der Waals surface area contributed by atoms with Crippen molar-refractivity contribution in [2.24, 2.45) is 16.7 Å². The van der Waals surface area contributed by atoms with Crippen molar-refractivity contribution in [3.05, 3.63) is 23.8 Å². The molecule has 0 spiro atoms. The van der Waals surface area contributed by atoms with Gasteiger partial charge in [0.1, 0.15) is 0 Å². The SMILES string of the molecule is COc1cc(C(C)=O)ccc1OCC(=O)OCC(=O)NC1CC2CCC1(C)C2(C)C. The molecule has 1 aromatic rings. The van der Waals surface area contributed by atoms with Crippen LogP contribution in [-0.4, -0.2) is 44.0 Å². The van der Waals surface area contributed by atoms with E-state index in [1.165, 1.54) is 20.5 Å². The number of rotatable bonds is 8. The molecule has 2 aliphatic carbocycles.